The molecule has 19 heavy (non-hydrogen) atoms. The van der Waals surface area contributed by atoms with Crippen LogP contribution in [0.4, 0.5) is 0 Å². The van der Waals surface area contributed by atoms with Gasteiger partial charge < -0.3 is 15.1 Å². The van der Waals surface area contributed by atoms with Gasteiger partial charge in [-0.1, -0.05) is 0 Å². The van der Waals surface area contributed by atoms with Crippen LogP contribution in [0.25, 0.3) is 0 Å². The zero-order chi connectivity index (χ0) is 13.2. The lowest BCUT2D eigenvalue weighted by Crippen LogP contribution is -2.47. The van der Waals surface area contributed by atoms with Crippen LogP contribution in [-0.2, 0) is 4.79 Å². The Labute approximate surface area is 116 Å². The first-order valence-corrected chi connectivity index (χ1v) is 7.94. The summed E-state index contributed by atoms with van der Waals surface area (Å²) in [7, 11) is 2.23. The number of piperazine rings is 1. The Morgan fingerprint density at radius 1 is 1.21 bits per heavy atom. The molecule has 1 aliphatic heterocycles. The molecule has 0 radical (unpaired) electrons. The maximum atomic E-state index is 12.2. The van der Waals surface area contributed by atoms with E-state index in [9.17, 15) is 4.79 Å². The lowest BCUT2D eigenvalue weighted by atomic mass is 10.1. The molecule has 3 rings (SSSR count). The van der Waals surface area contributed by atoms with Crippen LogP contribution in [0.5, 0.6) is 0 Å². The number of nitrogens with one attached hydrogen (secondary N) is 1. The molecule has 0 unspecified atom stereocenters. The highest BCUT2D eigenvalue weighted by atomic mass is 16.2. The molecular formula is C15H27N3O. The number of hydrogen-bond acceptors (Lipinski definition) is 3. The summed E-state index contributed by atoms with van der Waals surface area (Å²) in [6, 6.07) is 0.774. The number of rotatable bonds is 6. The fourth-order valence-corrected chi connectivity index (χ4v) is 3.47. The number of hydrogen-bond donors (Lipinski definition) is 1. The van der Waals surface area contributed by atoms with Crippen LogP contribution in [0.2, 0.25) is 0 Å². The summed E-state index contributed by atoms with van der Waals surface area (Å²) in [4.78, 5) is 16.7. The molecule has 1 amide bonds. The summed E-state index contributed by atoms with van der Waals surface area (Å²) < 4.78 is 0. The minimum absolute atomic E-state index is 0.346. The van der Waals surface area contributed by atoms with Gasteiger partial charge in [-0.25, -0.2) is 0 Å². The zero-order valence-corrected chi connectivity index (χ0v) is 12.1. The van der Waals surface area contributed by atoms with Gasteiger partial charge in [-0.3, -0.25) is 4.79 Å². The van der Waals surface area contributed by atoms with Crippen molar-refractivity contribution in [3.8, 4) is 0 Å². The maximum absolute atomic E-state index is 12.2. The molecule has 1 saturated heterocycles. The molecule has 108 valence electrons. The van der Waals surface area contributed by atoms with E-state index in [1.165, 1.54) is 25.7 Å². The zero-order valence-electron chi connectivity index (χ0n) is 12.1. The predicted octanol–water partition coefficient (Wildman–Crippen LogP) is 0.929. The first-order chi connectivity index (χ1) is 9.25. The second-order valence-corrected chi connectivity index (χ2v) is 6.53. The van der Waals surface area contributed by atoms with Crippen LogP contribution in [0.15, 0.2) is 0 Å². The van der Waals surface area contributed by atoms with E-state index in [-0.39, 0.29) is 0 Å². The minimum atomic E-state index is 0.346. The van der Waals surface area contributed by atoms with E-state index in [1.54, 1.807) is 0 Å². The molecule has 2 aliphatic carbocycles. The average molecular weight is 265 g/mol. The number of amides is 1. The molecular weight excluding hydrogens is 238 g/mol. The van der Waals surface area contributed by atoms with E-state index >= 15 is 0 Å². The second kappa shape index (κ2) is 5.80. The lowest BCUT2D eigenvalue weighted by Gasteiger charge is -2.31. The van der Waals surface area contributed by atoms with Crippen LogP contribution in [0.3, 0.4) is 0 Å². The molecule has 2 saturated carbocycles. The summed E-state index contributed by atoms with van der Waals surface area (Å²) in [5, 5.41) is 3.29. The van der Waals surface area contributed by atoms with Gasteiger partial charge in [-0.2, -0.15) is 0 Å². The molecule has 0 aromatic carbocycles. The molecule has 0 spiro atoms. The molecule has 4 nitrogen and oxygen atoms in total. The van der Waals surface area contributed by atoms with Gasteiger partial charge in [0, 0.05) is 45.2 Å². The van der Waals surface area contributed by atoms with Gasteiger partial charge in [-0.05, 0) is 44.6 Å². The van der Waals surface area contributed by atoms with Crippen molar-refractivity contribution < 1.29 is 4.79 Å². The van der Waals surface area contributed by atoms with Crippen LogP contribution >= 0.6 is 0 Å². The van der Waals surface area contributed by atoms with Crippen molar-refractivity contribution in [3.63, 3.8) is 0 Å². The molecule has 0 aromatic rings. The predicted molar refractivity (Wildman–Crippen MR) is 75.9 cm³/mol. The Balaban J connectivity index is 1.43. The van der Waals surface area contributed by atoms with Gasteiger partial charge >= 0.3 is 0 Å². The molecule has 0 atom stereocenters. The van der Waals surface area contributed by atoms with Crippen LogP contribution in [-0.4, -0.2) is 61.5 Å². The number of nitrogens with zero attached hydrogens (tertiary/aromatic N) is 2. The third-order valence-corrected chi connectivity index (χ3v) is 4.87. The molecule has 4 heteroatoms. The van der Waals surface area contributed by atoms with E-state index in [0.717, 1.165) is 50.6 Å². The highest BCUT2D eigenvalue weighted by Gasteiger charge is 2.43. The van der Waals surface area contributed by atoms with Crippen molar-refractivity contribution in [1.82, 2.24) is 15.1 Å². The molecule has 0 aromatic heterocycles. The van der Waals surface area contributed by atoms with Crippen molar-refractivity contribution in [2.24, 2.45) is 11.8 Å². The first kappa shape index (κ1) is 13.4. The van der Waals surface area contributed by atoms with E-state index in [2.05, 4.69) is 17.3 Å². The molecule has 0 bridgehead atoms. The van der Waals surface area contributed by atoms with Crippen molar-refractivity contribution in [2.75, 3.05) is 39.8 Å². The van der Waals surface area contributed by atoms with Crippen LogP contribution in [0, 0.1) is 11.8 Å². The Kier molecular flexibility index (Phi) is 4.08. The lowest BCUT2D eigenvalue weighted by molar-refractivity contribution is -0.132. The quantitative estimate of drug-likeness (QED) is 0.776. The summed E-state index contributed by atoms with van der Waals surface area (Å²) in [5.74, 6) is 2.22. The van der Waals surface area contributed by atoms with Gasteiger partial charge in [-0.15, -0.1) is 0 Å². The van der Waals surface area contributed by atoms with Crippen molar-refractivity contribution in [1.29, 1.82) is 0 Å². The minimum Gasteiger partial charge on any atom is -0.340 e. The average Bonchev–Trinajstić information content (AvgIpc) is 3.31. The Hall–Kier alpha value is -0.610. The van der Waals surface area contributed by atoms with Gasteiger partial charge in [0.25, 0.3) is 0 Å². The van der Waals surface area contributed by atoms with Gasteiger partial charge in [0.1, 0.15) is 0 Å². The third kappa shape index (κ3) is 3.48. The second-order valence-electron chi connectivity index (χ2n) is 6.53. The van der Waals surface area contributed by atoms with E-state index in [4.69, 9.17) is 0 Å². The first-order valence-electron chi connectivity index (χ1n) is 7.94. The molecule has 3 aliphatic rings. The standard InChI is InChI=1S/C15H27N3O/c1-17(15(12-2-3-12)13-4-5-13)9-6-14(19)18-10-7-16-8-11-18/h12-13,15-16H,2-11H2,1H3. The number of carbonyl (C=O) groups is 1. The highest BCUT2D eigenvalue weighted by molar-refractivity contribution is 5.76. The summed E-state index contributed by atoms with van der Waals surface area (Å²) in [5.41, 5.74) is 0. The number of carbonyl (C=O) groups excluding carboxylic acids is 1. The molecule has 1 heterocycles. The topological polar surface area (TPSA) is 35.6 Å². The SMILES string of the molecule is CN(CCC(=O)N1CCNCC1)C(C1CC1)C1CC1. The Bertz CT molecular complexity index is 307. The highest BCUT2D eigenvalue weighted by Crippen LogP contribution is 2.46. The van der Waals surface area contributed by atoms with E-state index < -0.39 is 0 Å². The largest absolute Gasteiger partial charge is 0.340 e. The molecule has 3 fully saturated rings. The smallest absolute Gasteiger partial charge is 0.223 e. The van der Waals surface area contributed by atoms with Gasteiger partial charge in [0.05, 0.1) is 0 Å². The molecule has 1 N–H and O–H groups in total. The van der Waals surface area contributed by atoms with Gasteiger partial charge in [0.15, 0.2) is 0 Å². The fourth-order valence-electron chi connectivity index (χ4n) is 3.47. The Morgan fingerprint density at radius 2 is 1.79 bits per heavy atom. The maximum Gasteiger partial charge on any atom is 0.223 e. The Morgan fingerprint density at radius 3 is 2.32 bits per heavy atom. The summed E-state index contributed by atoms with van der Waals surface area (Å²) >= 11 is 0. The fraction of sp³-hybridized carbons (Fsp3) is 0.933. The van der Waals surface area contributed by atoms with Crippen molar-refractivity contribution >= 4 is 5.91 Å². The third-order valence-electron chi connectivity index (χ3n) is 4.87. The van der Waals surface area contributed by atoms with E-state index in [0.29, 0.717) is 12.3 Å². The van der Waals surface area contributed by atoms with Crippen LogP contribution in [0.1, 0.15) is 32.1 Å². The van der Waals surface area contributed by atoms with Gasteiger partial charge in [0.2, 0.25) is 5.91 Å². The van der Waals surface area contributed by atoms with Crippen molar-refractivity contribution in [3.05, 3.63) is 0 Å². The van der Waals surface area contributed by atoms with Crippen molar-refractivity contribution in [2.45, 2.75) is 38.1 Å². The summed E-state index contributed by atoms with van der Waals surface area (Å²) in [6.45, 7) is 4.62. The van der Waals surface area contributed by atoms with E-state index in [1.807, 2.05) is 4.90 Å². The normalized spacial score (nSPS) is 24.3. The van der Waals surface area contributed by atoms with Crippen LogP contribution < -0.4 is 5.32 Å². The monoisotopic (exact) mass is 265 g/mol. The summed E-state index contributed by atoms with van der Waals surface area (Å²) in [6.07, 6.45) is 6.36.